The molecule has 0 saturated carbocycles. The van der Waals surface area contributed by atoms with Crippen molar-refractivity contribution in [3.63, 3.8) is 0 Å². The topological polar surface area (TPSA) is 108 Å². The molecule has 1 aromatic rings. The summed E-state index contributed by atoms with van der Waals surface area (Å²) in [6.07, 6.45) is 1.38. The monoisotopic (exact) mass is 267 g/mol. The molecule has 2 heterocycles. The van der Waals surface area contributed by atoms with Gasteiger partial charge in [0.05, 0.1) is 6.04 Å². The van der Waals surface area contributed by atoms with Crippen LogP contribution in [0.25, 0.3) is 0 Å². The molecule has 1 aliphatic rings. The van der Waals surface area contributed by atoms with Crippen molar-refractivity contribution in [2.45, 2.75) is 13.0 Å². The van der Waals surface area contributed by atoms with Crippen LogP contribution in [0.2, 0.25) is 0 Å². The number of nitrogens with zero attached hydrogens (tertiary/aromatic N) is 4. The zero-order chi connectivity index (χ0) is 13.8. The van der Waals surface area contributed by atoms with Crippen LogP contribution in [-0.4, -0.2) is 64.1 Å². The van der Waals surface area contributed by atoms with Crippen molar-refractivity contribution in [3.8, 4) is 0 Å². The van der Waals surface area contributed by atoms with Gasteiger partial charge < -0.3 is 20.4 Å². The molecule has 8 nitrogen and oxygen atoms in total. The van der Waals surface area contributed by atoms with E-state index in [1.54, 1.807) is 11.0 Å². The zero-order valence-corrected chi connectivity index (χ0v) is 10.7. The molecule has 0 radical (unpaired) electrons. The van der Waals surface area contributed by atoms with Crippen molar-refractivity contribution in [1.29, 1.82) is 0 Å². The van der Waals surface area contributed by atoms with Gasteiger partial charge in [-0.1, -0.05) is 10.3 Å². The summed E-state index contributed by atoms with van der Waals surface area (Å²) < 4.78 is 4.66. The van der Waals surface area contributed by atoms with E-state index in [1.807, 2.05) is 6.92 Å². The van der Waals surface area contributed by atoms with Crippen molar-refractivity contribution in [2.75, 3.05) is 26.2 Å². The Morgan fingerprint density at radius 2 is 2.21 bits per heavy atom. The van der Waals surface area contributed by atoms with E-state index in [1.165, 1.54) is 6.26 Å². The molecular weight excluding hydrogens is 250 g/mol. The molecule has 1 unspecified atom stereocenters. The summed E-state index contributed by atoms with van der Waals surface area (Å²) in [5.74, 6) is 0.0427. The fourth-order valence-electron chi connectivity index (χ4n) is 2.07. The number of carbonyl (C=O) groups excluding carboxylic acids is 1. The molecule has 2 rings (SSSR count). The molecule has 1 aromatic heterocycles. The first-order valence-electron chi connectivity index (χ1n) is 6.04. The molecule has 1 amide bonds. The van der Waals surface area contributed by atoms with Gasteiger partial charge in [0.2, 0.25) is 0 Å². The molecule has 0 bridgehead atoms. The molecule has 19 heavy (non-hydrogen) atoms. The number of carbonyl (C=O) groups is 1. The second-order valence-corrected chi connectivity index (χ2v) is 4.41. The summed E-state index contributed by atoms with van der Waals surface area (Å²) in [4.78, 5) is 15.8. The predicted molar refractivity (Wildman–Crippen MR) is 66.9 cm³/mol. The van der Waals surface area contributed by atoms with E-state index in [0.29, 0.717) is 31.9 Å². The summed E-state index contributed by atoms with van der Waals surface area (Å²) in [5.41, 5.74) is 5.89. The highest BCUT2D eigenvalue weighted by molar-refractivity contribution is 5.92. The molecule has 104 valence electrons. The lowest BCUT2D eigenvalue weighted by Gasteiger charge is -2.37. The minimum atomic E-state index is -0.144. The quantitative estimate of drug-likeness (QED) is 0.333. The van der Waals surface area contributed by atoms with Gasteiger partial charge in [-0.2, -0.15) is 0 Å². The lowest BCUT2D eigenvalue weighted by atomic mass is 10.2. The number of amides is 1. The fraction of sp³-hybridized carbons (Fsp3) is 0.545. The molecule has 8 heteroatoms. The van der Waals surface area contributed by atoms with E-state index < -0.39 is 0 Å². The Bertz CT molecular complexity index is 451. The van der Waals surface area contributed by atoms with Crippen LogP contribution in [0.5, 0.6) is 0 Å². The highest BCUT2D eigenvalue weighted by Crippen LogP contribution is 2.09. The van der Waals surface area contributed by atoms with E-state index in [2.05, 4.69) is 19.7 Å². The largest absolute Gasteiger partial charge is 0.409 e. The third-order valence-electron chi connectivity index (χ3n) is 3.35. The predicted octanol–water partition coefficient (Wildman–Crippen LogP) is -0.433. The van der Waals surface area contributed by atoms with E-state index >= 15 is 0 Å². The normalized spacial score (nSPS) is 19.4. The van der Waals surface area contributed by atoms with Crippen LogP contribution in [0.15, 0.2) is 22.0 Å². The van der Waals surface area contributed by atoms with Crippen molar-refractivity contribution in [1.82, 2.24) is 15.0 Å². The number of aromatic nitrogens is 1. The van der Waals surface area contributed by atoms with Crippen molar-refractivity contribution in [2.24, 2.45) is 10.9 Å². The van der Waals surface area contributed by atoms with Gasteiger partial charge >= 0.3 is 0 Å². The maximum Gasteiger partial charge on any atom is 0.276 e. The third kappa shape index (κ3) is 2.84. The number of nitrogens with two attached hydrogens (primary N) is 1. The van der Waals surface area contributed by atoms with Gasteiger partial charge in [-0.25, -0.2) is 0 Å². The summed E-state index contributed by atoms with van der Waals surface area (Å²) in [5, 5.41) is 15.3. The molecule has 0 aliphatic carbocycles. The van der Waals surface area contributed by atoms with E-state index in [0.717, 1.165) is 0 Å². The minimum absolute atomic E-state index is 0.134. The second-order valence-electron chi connectivity index (χ2n) is 4.41. The smallest absolute Gasteiger partial charge is 0.276 e. The van der Waals surface area contributed by atoms with Gasteiger partial charge in [-0.15, -0.1) is 0 Å². The number of amidine groups is 1. The van der Waals surface area contributed by atoms with Gasteiger partial charge in [-0.05, 0) is 6.92 Å². The molecular formula is C11H17N5O3. The average molecular weight is 267 g/mol. The van der Waals surface area contributed by atoms with Crippen molar-refractivity contribution >= 4 is 11.7 Å². The number of oxime groups is 1. The van der Waals surface area contributed by atoms with Gasteiger partial charge in [0.15, 0.2) is 11.5 Å². The standard InChI is InChI=1S/C11H17N5O3/c1-8(10(12)13-18)15-3-5-16(6-4-15)11(17)9-2-7-19-14-9/h2,7-8,18H,3-6H2,1H3,(H2,12,13). The molecule has 0 spiro atoms. The van der Waals surface area contributed by atoms with Crippen LogP contribution in [-0.2, 0) is 0 Å². The zero-order valence-electron chi connectivity index (χ0n) is 10.7. The first kappa shape index (κ1) is 13.3. The van der Waals surface area contributed by atoms with Crippen LogP contribution in [0.1, 0.15) is 17.4 Å². The molecule has 0 aromatic carbocycles. The summed E-state index contributed by atoms with van der Waals surface area (Å²) in [7, 11) is 0. The van der Waals surface area contributed by atoms with Gasteiger partial charge in [0.25, 0.3) is 5.91 Å². The SMILES string of the molecule is CC(C(N)=NO)N1CCN(C(=O)c2ccon2)CC1. The van der Waals surface area contributed by atoms with Crippen LogP contribution < -0.4 is 5.73 Å². The molecule has 1 aliphatic heterocycles. The first-order chi connectivity index (χ1) is 9.13. The molecule has 1 fully saturated rings. The molecule has 1 saturated heterocycles. The highest BCUT2D eigenvalue weighted by Gasteiger charge is 2.27. The van der Waals surface area contributed by atoms with Crippen molar-refractivity contribution < 1.29 is 14.5 Å². The minimum Gasteiger partial charge on any atom is -0.409 e. The first-order valence-corrected chi connectivity index (χ1v) is 6.04. The molecule has 1 atom stereocenters. The van der Waals surface area contributed by atoms with E-state index in [9.17, 15) is 4.79 Å². The molecule has 3 N–H and O–H groups in total. The van der Waals surface area contributed by atoms with Gasteiger partial charge in [0.1, 0.15) is 6.26 Å². The summed E-state index contributed by atoms with van der Waals surface area (Å²) in [6, 6.07) is 1.41. The summed E-state index contributed by atoms with van der Waals surface area (Å²) in [6.45, 7) is 4.36. The maximum atomic E-state index is 12.0. The summed E-state index contributed by atoms with van der Waals surface area (Å²) >= 11 is 0. The van der Waals surface area contributed by atoms with Crippen LogP contribution in [0, 0.1) is 0 Å². The Morgan fingerprint density at radius 3 is 2.74 bits per heavy atom. The highest BCUT2D eigenvalue weighted by atomic mass is 16.5. The van der Waals surface area contributed by atoms with Gasteiger partial charge in [-0.3, -0.25) is 9.69 Å². The number of rotatable bonds is 3. The van der Waals surface area contributed by atoms with Crippen LogP contribution in [0.4, 0.5) is 0 Å². The Morgan fingerprint density at radius 1 is 1.53 bits per heavy atom. The maximum absolute atomic E-state index is 12.0. The Labute approximate surface area is 110 Å². The average Bonchev–Trinajstić information content (AvgIpc) is 2.99. The Balaban J connectivity index is 1.91. The fourth-order valence-corrected chi connectivity index (χ4v) is 2.07. The lowest BCUT2D eigenvalue weighted by molar-refractivity contribution is 0.0609. The number of hydrogen-bond donors (Lipinski definition) is 2. The Kier molecular flexibility index (Phi) is 4.00. The third-order valence-corrected chi connectivity index (χ3v) is 3.35. The number of hydrogen-bond acceptors (Lipinski definition) is 6. The van der Waals surface area contributed by atoms with Crippen molar-refractivity contribution in [3.05, 3.63) is 18.0 Å². The second kappa shape index (κ2) is 5.70. The lowest BCUT2D eigenvalue weighted by Crippen LogP contribution is -2.54. The Hall–Kier alpha value is -2.09. The van der Waals surface area contributed by atoms with Gasteiger partial charge in [0, 0.05) is 32.2 Å². The van der Waals surface area contributed by atoms with E-state index in [-0.39, 0.29) is 17.8 Å². The van der Waals surface area contributed by atoms with Crippen LogP contribution >= 0.6 is 0 Å². The number of piperazine rings is 1. The van der Waals surface area contributed by atoms with E-state index in [4.69, 9.17) is 10.9 Å². The van der Waals surface area contributed by atoms with Crippen LogP contribution in [0.3, 0.4) is 0 Å².